The van der Waals surface area contributed by atoms with Gasteiger partial charge in [-0.15, -0.1) is 0 Å². The molecule has 21 heavy (non-hydrogen) atoms. The van der Waals surface area contributed by atoms with Crippen molar-refractivity contribution in [2.45, 2.75) is 90.0 Å². The van der Waals surface area contributed by atoms with E-state index in [0.717, 1.165) is 18.8 Å². The fourth-order valence-corrected chi connectivity index (χ4v) is 4.38. The first-order valence-corrected chi connectivity index (χ1v) is 9.17. The van der Waals surface area contributed by atoms with Gasteiger partial charge in [0.1, 0.15) is 0 Å². The van der Waals surface area contributed by atoms with Crippen molar-refractivity contribution in [2.75, 3.05) is 6.54 Å². The number of nitrogens with one attached hydrogen (secondary N) is 1. The molecule has 0 aromatic heterocycles. The molecule has 0 aliphatic heterocycles. The molecule has 0 unspecified atom stereocenters. The number of hydrogen-bond donors (Lipinski definition) is 2. The average molecular weight is 294 g/mol. The van der Waals surface area contributed by atoms with Gasteiger partial charge in [-0.3, -0.25) is 4.79 Å². The molecule has 0 heterocycles. The minimum Gasteiger partial charge on any atom is -0.353 e. The Labute approximate surface area is 130 Å². The molecule has 2 aliphatic carbocycles. The molecule has 2 fully saturated rings. The van der Waals surface area contributed by atoms with Gasteiger partial charge in [0.25, 0.3) is 0 Å². The minimum atomic E-state index is 0.0990. The first-order chi connectivity index (χ1) is 10.2. The third kappa shape index (κ3) is 4.98. The van der Waals surface area contributed by atoms with Crippen molar-refractivity contribution in [3.05, 3.63) is 0 Å². The highest BCUT2D eigenvalue weighted by atomic mass is 16.1. The first-order valence-electron chi connectivity index (χ1n) is 9.17. The molecule has 0 radical (unpaired) electrons. The molecule has 0 aromatic rings. The second kappa shape index (κ2) is 8.17. The molecular weight excluding hydrogens is 260 g/mol. The summed E-state index contributed by atoms with van der Waals surface area (Å²) in [4.78, 5) is 12.4. The largest absolute Gasteiger partial charge is 0.353 e. The molecular formula is C18H34N2O. The Balaban J connectivity index is 1.74. The molecule has 122 valence electrons. The monoisotopic (exact) mass is 294 g/mol. The fraction of sp³-hybridized carbons (Fsp3) is 0.944. The van der Waals surface area contributed by atoms with E-state index in [0.29, 0.717) is 19.0 Å². The number of hydrogen-bond acceptors (Lipinski definition) is 2. The Bertz CT molecular complexity index is 315. The molecule has 3 N–H and O–H groups in total. The van der Waals surface area contributed by atoms with E-state index in [-0.39, 0.29) is 11.3 Å². The summed E-state index contributed by atoms with van der Waals surface area (Å²) in [6.45, 7) is 2.94. The van der Waals surface area contributed by atoms with Gasteiger partial charge in [0.2, 0.25) is 5.91 Å². The molecule has 0 spiro atoms. The van der Waals surface area contributed by atoms with E-state index in [9.17, 15) is 4.79 Å². The lowest BCUT2D eigenvalue weighted by Crippen LogP contribution is -2.43. The average Bonchev–Trinajstić information content (AvgIpc) is 2.50. The van der Waals surface area contributed by atoms with Gasteiger partial charge in [-0.05, 0) is 56.4 Å². The minimum absolute atomic E-state index is 0.0990. The van der Waals surface area contributed by atoms with Crippen molar-refractivity contribution >= 4 is 5.91 Å². The lowest BCUT2D eigenvalue weighted by Gasteiger charge is -2.36. The number of carbonyl (C=O) groups excluding carboxylic acids is 1. The smallest absolute Gasteiger partial charge is 0.220 e. The molecule has 2 rings (SSSR count). The molecule has 3 heteroatoms. The summed E-state index contributed by atoms with van der Waals surface area (Å²) >= 11 is 0. The van der Waals surface area contributed by atoms with Crippen LogP contribution in [0.15, 0.2) is 0 Å². The van der Waals surface area contributed by atoms with Gasteiger partial charge in [0, 0.05) is 12.5 Å². The predicted molar refractivity (Wildman–Crippen MR) is 88.0 cm³/mol. The van der Waals surface area contributed by atoms with Gasteiger partial charge in [-0.25, -0.2) is 0 Å². The summed E-state index contributed by atoms with van der Waals surface area (Å²) in [5, 5.41) is 3.29. The Hall–Kier alpha value is -0.570. The van der Waals surface area contributed by atoms with Crippen molar-refractivity contribution in [3.63, 3.8) is 0 Å². The fourth-order valence-electron chi connectivity index (χ4n) is 4.38. The molecule has 0 atom stereocenters. The highest BCUT2D eigenvalue weighted by molar-refractivity contribution is 5.77. The lowest BCUT2D eigenvalue weighted by molar-refractivity contribution is -0.124. The summed E-state index contributed by atoms with van der Waals surface area (Å²) in [5.74, 6) is 1.15. The van der Waals surface area contributed by atoms with Gasteiger partial charge >= 0.3 is 0 Å². The Morgan fingerprint density at radius 3 is 2.38 bits per heavy atom. The van der Waals surface area contributed by atoms with Crippen LogP contribution in [0.1, 0.15) is 84.0 Å². The van der Waals surface area contributed by atoms with Gasteiger partial charge in [0.05, 0.1) is 0 Å². The summed E-state index contributed by atoms with van der Waals surface area (Å²) in [6, 6.07) is 0.420. The predicted octanol–water partition coefficient (Wildman–Crippen LogP) is 3.76. The van der Waals surface area contributed by atoms with Crippen LogP contribution in [0.5, 0.6) is 0 Å². The third-order valence-corrected chi connectivity index (χ3v) is 5.79. The topological polar surface area (TPSA) is 55.1 Å². The molecule has 3 nitrogen and oxygen atoms in total. The lowest BCUT2D eigenvalue weighted by atomic mass is 9.71. The zero-order chi connectivity index (χ0) is 15.1. The number of amides is 1. The van der Waals surface area contributed by atoms with Crippen molar-refractivity contribution in [2.24, 2.45) is 17.1 Å². The number of nitrogens with two attached hydrogens (primary N) is 1. The van der Waals surface area contributed by atoms with E-state index < -0.39 is 0 Å². The van der Waals surface area contributed by atoms with Crippen LogP contribution in [0, 0.1) is 11.3 Å². The zero-order valence-corrected chi connectivity index (χ0v) is 13.8. The van der Waals surface area contributed by atoms with E-state index in [1.165, 1.54) is 57.8 Å². The normalized spacial score (nSPS) is 29.0. The molecule has 2 saturated carbocycles. The maximum atomic E-state index is 12.4. The van der Waals surface area contributed by atoms with Crippen LogP contribution < -0.4 is 11.1 Å². The number of carbonyl (C=O) groups is 1. The SMILES string of the molecule is CCCC1CCC(NC(=O)CC2(CN)CCCCC2)CC1. The van der Waals surface area contributed by atoms with Crippen LogP contribution in [0.3, 0.4) is 0 Å². The molecule has 0 bridgehead atoms. The maximum absolute atomic E-state index is 12.4. The Morgan fingerprint density at radius 1 is 1.14 bits per heavy atom. The van der Waals surface area contributed by atoms with Gasteiger partial charge in [0.15, 0.2) is 0 Å². The first kappa shape index (κ1) is 16.8. The summed E-state index contributed by atoms with van der Waals surface area (Å²) in [7, 11) is 0. The van der Waals surface area contributed by atoms with Gasteiger partial charge in [-0.1, -0.05) is 39.0 Å². The van der Waals surface area contributed by atoms with Crippen molar-refractivity contribution in [1.29, 1.82) is 0 Å². The van der Waals surface area contributed by atoms with E-state index >= 15 is 0 Å². The molecule has 0 saturated heterocycles. The van der Waals surface area contributed by atoms with E-state index in [2.05, 4.69) is 12.2 Å². The van der Waals surface area contributed by atoms with Crippen LogP contribution in [0.2, 0.25) is 0 Å². The van der Waals surface area contributed by atoms with Crippen LogP contribution in [-0.4, -0.2) is 18.5 Å². The van der Waals surface area contributed by atoms with E-state index in [1.807, 2.05) is 0 Å². The van der Waals surface area contributed by atoms with Crippen LogP contribution in [-0.2, 0) is 4.79 Å². The van der Waals surface area contributed by atoms with Crippen molar-refractivity contribution in [3.8, 4) is 0 Å². The van der Waals surface area contributed by atoms with E-state index in [1.54, 1.807) is 0 Å². The second-order valence-electron chi connectivity index (χ2n) is 7.52. The highest BCUT2D eigenvalue weighted by Crippen LogP contribution is 2.38. The van der Waals surface area contributed by atoms with Crippen LogP contribution in [0.4, 0.5) is 0 Å². The van der Waals surface area contributed by atoms with Crippen molar-refractivity contribution < 1.29 is 4.79 Å². The summed E-state index contributed by atoms with van der Waals surface area (Å²) < 4.78 is 0. The van der Waals surface area contributed by atoms with Crippen LogP contribution >= 0.6 is 0 Å². The zero-order valence-electron chi connectivity index (χ0n) is 13.8. The van der Waals surface area contributed by atoms with Crippen LogP contribution in [0.25, 0.3) is 0 Å². The number of rotatable bonds is 6. The maximum Gasteiger partial charge on any atom is 0.220 e. The molecule has 0 aromatic carbocycles. The standard InChI is InChI=1S/C18H34N2O/c1-2-6-15-7-9-16(10-8-15)20-17(21)13-18(14-19)11-4-3-5-12-18/h15-16H,2-14,19H2,1H3,(H,20,21). The van der Waals surface area contributed by atoms with Gasteiger partial charge in [-0.2, -0.15) is 0 Å². The van der Waals surface area contributed by atoms with Gasteiger partial charge < -0.3 is 11.1 Å². The van der Waals surface area contributed by atoms with Crippen molar-refractivity contribution in [1.82, 2.24) is 5.32 Å². The Kier molecular flexibility index (Phi) is 6.53. The second-order valence-corrected chi connectivity index (χ2v) is 7.52. The Morgan fingerprint density at radius 2 is 1.81 bits per heavy atom. The third-order valence-electron chi connectivity index (χ3n) is 5.79. The van der Waals surface area contributed by atoms with E-state index in [4.69, 9.17) is 5.73 Å². The quantitative estimate of drug-likeness (QED) is 0.783. The molecule has 2 aliphatic rings. The summed E-state index contributed by atoms with van der Waals surface area (Å²) in [5.41, 5.74) is 6.09. The molecule has 1 amide bonds. The highest BCUT2D eigenvalue weighted by Gasteiger charge is 2.33. The summed E-state index contributed by atoms with van der Waals surface area (Å²) in [6.07, 6.45) is 14.3.